The normalized spacial score (nSPS) is 10.2. The van der Waals surface area contributed by atoms with Crippen LogP contribution in [0.2, 0.25) is 0 Å². The zero-order valence-corrected chi connectivity index (χ0v) is 7.36. The molecule has 1 aromatic carbocycles. The number of nitrogens with zero attached hydrogens (tertiary/aromatic N) is 1. The van der Waals surface area contributed by atoms with Gasteiger partial charge in [0.25, 0.3) is 0 Å². The first-order valence-electron chi connectivity index (χ1n) is 3.21. The molecule has 0 aliphatic rings. The topological polar surface area (TPSA) is 30.0 Å². The maximum absolute atomic E-state index is 10.9. The number of rotatable bonds is 0. The van der Waals surface area contributed by atoms with Gasteiger partial charge in [-0.05, 0) is 0 Å². The second kappa shape index (κ2) is 2.61. The molecular formula is C8H5NOSe. The molecule has 0 aliphatic heterocycles. The molecule has 0 amide bonds. The van der Waals surface area contributed by atoms with Crippen molar-refractivity contribution in [2.24, 2.45) is 0 Å². The fraction of sp³-hybridized carbons (Fsp3) is 0. The van der Waals surface area contributed by atoms with Crippen LogP contribution in [0, 0.1) is 0 Å². The summed E-state index contributed by atoms with van der Waals surface area (Å²) in [6.07, 6.45) is 1.42. The predicted octanol–water partition coefficient (Wildman–Crippen LogP) is 0.652. The standard InChI is InChI=1S/C8H5NOSe/c10-8-5-9-6-3-1-2-4-7(6)11-8/h1-5H. The Kier molecular flexibility index (Phi) is 1.60. The number of hydrogen-bond donors (Lipinski definition) is 0. The van der Waals surface area contributed by atoms with Crippen molar-refractivity contribution < 1.29 is 0 Å². The molecule has 0 radical (unpaired) electrons. The number of aromatic nitrogens is 1. The predicted molar refractivity (Wildman–Crippen MR) is 45.0 cm³/mol. The summed E-state index contributed by atoms with van der Waals surface area (Å²) in [6.45, 7) is 0. The van der Waals surface area contributed by atoms with Gasteiger partial charge in [0.05, 0.1) is 0 Å². The van der Waals surface area contributed by atoms with Crippen molar-refractivity contribution in [1.82, 2.24) is 4.98 Å². The van der Waals surface area contributed by atoms with Crippen molar-refractivity contribution in [3.8, 4) is 0 Å². The summed E-state index contributed by atoms with van der Waals surface area (Å²) >= 11 is -0.0433. The van der Waals surface area contributed by atoms with Crippen molar-refractivity contribution in [3.63, 3.8) is 0 Å². The van der Waals surface area contributed by atoms with Crippen molar-refractivity contribution in [2.45, 2.75) is 0 Å². The molecule has 11 heavy (non-hydrogen) atoms. The van der Waals surface area contributed by atoms with Gasteiger partial charge in [0, 0.05) is 0 Å². The van der Waals surface area contributed by atoms with Crippen molar-refractivity contribution in [1.29, 1.82) is 0 Å². The third-order valence-corrected chi connectivity index (χ3v) is 3.21. The molecule has 0 fully saturated rings. The van der Waals surface area contributed by atoms with Crippen LogP contribution in [-0.2, 0) is 0 Å². The summed E-state index contributed by atoms with van der Waals surface area (Å²) in [6, 6.07) is 7.76. The molecule has 2 aromatic rings. The van der Waals surface area contributed by atoms with E-state index in [0.29, 0.717) is 0 Å². The van der Waals surface area contributed by atoms with Gasteiger partial charge in [-0.25, -0.2) is 0 Å². The molecule has 0 N–H and O–H groups in total. The van der Waals surface area contributed by atoms with Gasteiger partial charge in [-0.3, -0.25) is 0 Å². The van der Waals surface area contributed by atoms with Crippen molar-refractivity contribution in [2.75, 3.05) is 0 Å². The van der Waals surface area contributed by atoms with Crippen LogP contribution in [0.3, 0.4) is 0 Å². The van der Waals surface area contributed by atoms with E-state index in [0.717, 1.165) is 9.78 Å². The average Bonchev–Trinajstić information content (AvgIpc) is 2.04. The number of para-hydroxylation sites is 1. The molecule has 54 valence electrons. The van der Waals surface area contributed by atoms with Crippen LogP contribution in [-0.4, -0.2) is 19.5 Å². The minimum atomic E-state index is -0.0433. The first kappa shape index (κ1) is 6.77. The number of hydrogen-bond acceptors (Lipinski definition) is 2. The molecular weight excluding hydrogens is 205 g/mol. The Morgan fingerprint density at radius 2 is 2.09 bits per heavy atom. The Labute approximate surface area is 69.3 Å². The Morgan fingerprint density at radius 3 is 3.00 bits per heavy atom. The zero-order valence-electron chi connectivity index (χ0n) is 5.65. The Hall–Kier alpha value is -0.921. The van der Waals surface area contributed by atoms with E-state index in [4.69, 9.17) is 0 Å². The molecule has 0 spiro atoms. The summed E-state index contributed by atoms with van der Waals surface area (Å²) in [5, 5.41) is 0. The molecule has 1 heterocycles. The van der Waals surface area contributed by atoms with Gasteiger partial charge < -0.3 is 0 Å². The monoisotopic (exact) mass is 211 g/mol. The molecule has 0 atom stereocenters. The summed E-state index contributed by atoms with van der Waals surface area (Å²) < 4.78 is 1.24. The summed E-state index contributed by atoms with van der Waals surface area (Å²) in [7, 11) is 0. The first-order valence-corrected chi connectivity index (χ1v) is 4.92. The van der Waals surface area contributed by atoms with Gasteiger partial charge in [-0.15, -0.1) is 0 Å². The second-order valence-corrected chi connectivity index (χ2v) is 4.34. The quantitative estimate of drug-likeness (QED) is 0.597. The van der Waals surface area contributed by atoms with E-state index in [9.17, 15) is 4.79 Å². The Bertz CT molecular complexity index is 435. The van der Waals surface area contributed by atoms with Crippen LogP contribution in [0.15, 0.2) is 35.3 Å². The van der Waals surface area contributed by atoms with Crippen LogP contribution in [0.25, 0.3) is 9.78 Å². The average molecular weight is 210 g/mol. The van der Waals surface area contributed by atoms with Crippen LogP contribution >= 0.6 is 0 Å². The third-order valence-electron chi connectivity index (χ3n) is 1.38. The number of fused-ring (bicyclic) bond motifs is 1. The second-order valence-electron chi connectivity index (χ2n) is 2.15. The van der Waals surface area contributed by atoms with E-state index in [1.165, 1.54) is 6.20 Å². The third kappa shape index (κ3) is 1.25. The molecule has 0 unspecified atom stereocenters. The fourth-order valence-corrected chi connectivity index (χ4v) is 2.36. The molecule has 0 aliphatic carbocycles. The zero-order chi connectivity index (χ0) is 7.68. The molecule has 0 saturated heterocycles. The number of benzene rings is 1. The van der Waals surface area contributed by atoms with Gasteiger partial charge in [0.1, 0.15) is 0 Å². The van der Waals surface area contributed by atoms with E-state index >= 15 is 0 Å². The Morgan fingerprint density at radius 1 is 1.27 bits per heavy atom. The maximum atomic E-state index is 10.9. The van der Waals surface area contributed by atoms with Gasteiger partial charge in [-0.2, -0.15) is 0 Å². The van der Waals surface area contributed by atoms with Crippen LogP contribution in [0.1, 0.15) is 0 Å². The van der Waals surface area contributed by atoms with E-state index in [-0.39, 0.29) is 18.8 Å². The minimum absolute atomic E-state index is 0.0433. The van der Waals surface area contributed by atoms with Crippen LogP contribution in [0.4, 0.5) is 0 Å². The molecule has 1 aromatic heterocycles. The fourth-order valence-electron chi connectivity index (χ4n) is 0.907. The summed E-state index contributed by atoms with van der Waals surface area (Å²) in [4.78, 5) is 14.9. The molecule has 2 nitrogen and oxygen atoms in total. The van der Waals surface area contributed by atoms with E-state index < -0.39 is 0 Å². The molecule has 0 saturated carbocycles. The van der Waals surface area contributed by atoms with Crippen molar-refractivity contribution in [3.05, 3.63) is 39.6 Å². The van der Waals surface area contributed by atoms with E-state index in [1.54, 1.807) is 0 Å². The van der Waals surface area contributed by atoms with Gasteiger partial charge in [0.2, 0.25) is 0 Å². The van der Waals surface area contributed by atoms with Crippen LogP contribution < -0.4 is 4.30 Å². The molecule has 2 rings (SSSR count). The van der Waals surface area contributed by atoms with Crippen LogP contribution in [0.5, 0.6) is 0 Å². The van der Waals surface area contributed by atoms with Crippen molar-refractivity contribution >= 4 is 24.3 Å². The summed E-state index contributed by atoms with van der Waals surface area (Å²) in [5.74, 6) is 0. The SMILES string of the molecule is O=c1cnc2ccccc2[se]1. The Balaban J connectivity index is 2.94. The van der Waals surface area contributed by atoms with E-state index in [1.807, 2.05) is 24.3 Å². The molecule has 3 heteroatoms. The van der Waals surface area contributed by atoms with Gasteiger partial charge in [0.15, 0.2) is 0 Å². The van der Waals surface area contributed by atoms with Gasteiger partial charge in [-0.1, -0.05) is 0 Å². The van der Waals surface area contributed by atoms with Gasteiger partial charge >= 0.3 is 68.8 Å². The molecule has 0 bridgehead atoms. The summed E-state index contributed by atoms with van der Waals surface area (Å²) in [5.41, 5.74) is 0.951. The first-order chi connectivity index (χ1) is 5.36. The van der Waals surface area contributed by atoms with E-state index in [2.05, 4.69) is 4.98 Å².